The Morgan fingerprint density at radius 2 is 1.96 bits per heavy atom. The number of rotatable bonds is 5. The van der Waals surface area contributed by atoms with E-state index in [2.05, 4.69) is 17.1 Å². The molecule has 1 aromatic heterocycles. The molecule has 1 atom stereocenters. The van der Waals surface area contributed by atoms with E-state index in [4.69, 9.17) is 15.2 Å². The average molecular weight is 332 g/mol. The molecule has 0 aliphatic carbocycles. The predicted molar refractivity (Wildman–Crippen MR) is 97.6 cm³/mol. The van der Waals surface area contributed by atoms with Gasteiger partial charge in [-0.1, -0.05) is 30.3 Å². The number of ether oxygens (including phenoxy) is 2. The molecule has 0 bridgehead atoms. The van der Waals surface area contributed by atoms with Crippen LogP contribution in [0.15, 0.2) is 67.0 Å². The Labute approximate surface area is 147 Å². The van der Waals surface area contributed by atoms with Crippen LogP contribution >= 0.6 is 0 Å². The third kappa shape index (κ3) is 3.49. The Kier molecular flexibility index (Phi) is 4.36. The van der Waals surface area contributed by atoms with Gasteiger partial charge in [-0.05, 0) is 35.7 Å². The van der Waals surface area contributed by atoms with Crippen molar-refractivity contribution in [2.75, 3.05) is 6.61 Å². The predicted octanol–water partition coefficient (Wildman–Crippen LogP) is 3.59. The Balaban J connectivity index is 1.43. The van der Waals surface area contributed by atoms with Crippen molar-refractivity contribution in [3.63, 3.8) is 0 Å². The summed E-state index contributed by atoms with van der Waals surface area (Å²) in [5.74, 6) is 1.62. The van der Waals surface area contributed by atoms with Crippen molar-refractivity contribution >= 4 is 0 Å². The molecule has 4 rings (SSSR count). The summed E-state index contributed by atoms with van der Waals surface area (Å²) >= 11 is 0. The van der Waals surface area contributed by atoms with Gasteiger partial charge < -0.3 is 15.2 Å². The van der Waals surface area contributed by atoms with E-state index in [1.54, 1.807) is 6.20 Å². The largest absolute Gasteiger partial charge is 0.492 e. The highest BCUT2D eigenvalue weighted by Gasteiger charge is 2.18. The number of nitrogens with zero attached hydrogens (tertiary/aromatic N) is 1. The van der Waals surface area contributed by atoms with Crippen LogP contribution in [0.25, 0.3) is 11.1 Å². The maximum atomic E-state index is 6.19. The van der Waals surface area contributed by atoms with Gasteiger partial charge in [-0.2, -0.15) is 0 Å². The second-order valence-corrected chi connectivity index (χ2v) is 6.24. The van der Waals surface area contributed by atoms with Gasteiger partial charge in [-0.3, -0.25) is 4.98 Å². The van der Waals surface area contributed by atoms with E-state index < -0.39 is 0 Å². The SMILES string of the molecule is NC(COc1ccc2c(c1)OCc1cnccc1-2)Cc1ccccc1. The summed E-state index contributed by atoms with van der Waals surface area (Å²) in [4.78, 5) is 4.15. The van der Waals surface area contributed by atoms with Crippen LogP contribution < -0.4 is 15.2 Å². The second-order valence-electron chi connectivity index (χ2n) is 6.24. The summed E-state index contributed by atoms with van der Waals surface area (Å²) in [6.07, 6.45) is 4.45. The Morgan fingerprint density at radius 3 is 2.84 bits per heavy atom. The van der Waals surface area contributed by atoms with E-state index in [1.807, 2.05) is 48.7 Å². The van der Waals surface area contributed by atoms with Gasteiger partial charge in [0.05, 0.1) is 0 Å². The first kappa shape index (κ1) is 15.7. The van der Waals surface area contributed by atoms with Gasteiger partial charge in [-0.25, -0.2) is 0 Å². The molecule has 0 radical (unpaired) electrons. The Bertz CT molecular complexity index is 865. The highest BCUT2D eigenvalue weighted by atomic mass is 16.5. The molecule has 126 valence electrons. The molecule has 2 heterocycles. The maximum Gasteiger partial charge on any atom is 0.131 e. The van der Waals surface area contributed by atoms with Crippen molar-refractivity contribution in [3.05, 3.63) is 78.1 Å². The van der Waals surface area contributed by atoms with Crippen LogP contribution in [0.3, 0.4) is 0 Å². The summed E-state index contributed by atoms with van der Waals surface area (Å²) in [7, 11) is 0. The normalized spacial score (nSPS) is 13.3. The molecule has 3 aromatic rings. The third-order valence-electron chi connectivity index (χ3n) is 4.33. The lowest BCUT2D eigenvalue weighted by Gasteiger charge is -2.21. The van der Waals surface area contributed by atoms with E-state index in [-0.39, 0.29) is 6.04 Å². The number of benzene rings is 2. The van der Waals surface area contributed by atoms with Crippen molar-refractivity contribution in [1.82, 2.24) is 4.98 Å². The fraction of sp³-hybridized carbons (Fsp3) is 0.190. The van der Waals surface area contributed by atoms with Gasteiger partial charge in [0.15, 0.2) is 0 Å². The minimum Gasteiger partial charge on any atom is -0.492 e. The monoisotopic (exact) mass is 332 g/mol. The number of fused-ring (bicyclic) bond motifs is 3. The van der Waals surface area contributed by atoms with Crippen LogP contribution in [0.1, 0.15) is 11.1 Å². The van der Waals surface area contributed by atoms with Gasteiger partial charge in [0.2, 0.25) is 0 Å². The van der Waals surface area contributed by atoms with Crippen molar-refractivity contribution in [3.8, 4) is 22.6 Å². The number of pyridine rings is 1. The molecule has 4 heteroatoms. The number of nitrogens with two attached hydrogens (primary N) is 1. The van der Waals surface area contributed by atoms with Gasteiger partial charge in [0, 0.05) is 35.6 Å². The third-order valence-corrected chi connectivity index (χ3v) is 4.33. The van der Waals surface area contributed by atoms with Crippen LogP contribution in [-0.4, -0.2) is 17.6 Å². The topological polar surface area (TPSA) is 57.4 Å². The van der Waals surface area contributed by atoms with Crippen molar-refractivity contribution in [2.24, 2.45) is 5.73 Å². The fourth-order valence-electron chi connectivity index (χ4n) is 3.07. The van der Waals surface area contributed by atoms with Gasteiger partial charge in [-0.15, -0.1) is 0 Å². The van der Waals surface area contributed by atoms with Gasteiger partial charge >= 0.3 is 0 Å². The molecular weight excluding hydrogens is 312 g/mol. The summed E-state index contributed by atoms with van der Waals surface area (Å²) in [5.41, 5.74) is 10.8. The van der Waals surface area contributed by atoms with E-state index in [1.165, 1.54) is 11.1 Å². The van der Waals surface area contributed by atoms with Gasteiger partial charge in [0.1, 0.15) is 24.7 Å². The second kappa shape index (κ2) is 6.95. The van der Waals surface area contributed by atoms with Crippen LogP contribution in [0.5, 0.6) is 11.5 Å². The molecule has 0 fully saturated rings. The molecule has 0 saturated heterocycles. The molecule has 25 heavy (non-hydrogen) atoms. The van der Waals surface area contributed by atoms with E-state index >= 15 is 0 Å². The Hall–Kier alpha value is -2.85. The summed E-state index contributed by atoms with van der Waals surface area (Å²) in [6.45, 7) is 1.00. The van der Waals surface area contributed by atoms with Crippen LogP contribution in [0.2, 0.25) is 0 Å². The zero-order chi connectivity index (χ0) is 17.1. The quantitative estimate of drug-likeness (QED) is 0.776. The molecule has 1 unspecified atom stereocenters. The van der Waals surface area contributed by atoms with Crippen molar-refractivity contribution < 1.29 is 9.47 Å². The molecular formula is C21H20N2O2. The first-order valence-corrected chi connectivity index (χ1v) is 8.42. The lowest BCUT2D eigenvalue weighted by Crippen LogP contribution is -2.30. The summed E-state index contributed by atoms with van der Waals surface area (Å²) < 4.78 is 11.7. The highest BCUT2D eigenvalue weighted by Crippen LogP contribution is 2.39. The first-order valence-electron chi connectivity index (χ1n) is 8.42. The zero-order valence-electron chi connectivity index (χ0n) is 13.9. The standard InChI is InChI=1S/C21H20N2O2/c22-17(10-15-4-2-1-3-5-15)14-24-18-6-7-20-19-8-9-23-12-16(19)13-25-21(20)11-18/h1-9,11-12,17H,10,13-14,22H2. The molecule has 0 spiro atoms. The summed E-state index contributed by atoms with van der Waals surface area (Å²) in [5, 5.41) is 0. The minimum atomic E-state index is -0.0499. The van der Waals surface area contributed by atoms with Crippen molar-refractivity contribution in [2.45, 2.75) is 19.1 Å². The molecule has 0 amide bonds. The van der Waals surface area contributed by atoms with E-state index in [0.717, 1.165) is 29.0 Å². The average Bonchev–Trinajstić information content (AvgIpc) is 2.67. The minimum absolute atomic E-state index is 0.0499. The van der Waals surface area contributed by atoms with E-state index in [9.17, 15) is 0 Å². The fourth-order valence-corrected chi connectivity index (χ4v) is 3.07. The number of aromatic nitrogens is 1. The summed E-state index contributed by atoms with van der Waals surface area (Å²) in [6, 6.07) is 18.1. The maximum absolute atomic E-state index is 6.19. The van der Waals surface area contributed by atoms with Gasteiger partial charge in [0.25, 0.3) is 0 Å². The smallest absolute Gasteiger partial charge is 0.131 e. The number of hydrogen-bond donors (Lipinski definition) is 1. The highest BCUT2D eigenvalue weighted by molar-refractivity contribution is 5.75. The molecule has 1 aliphatic rings. The molecule has 2 N–H and O–H groups in total. The Morgan fingerprint density at radius 1 is 1.08 bits per heavy atom. The molecule has 2 aromatic carbocycles. The van der Waals surface area contributed by atoms with Crippen LogP contribution in [0.4, 0.5) is 0 Å². The lowest BCUT2D eigenvalue weighted by molar-refractivity contribution is 0.278. The van der Waals surface area contributed by atoms with Crippen LogP contribution in [0, 0.1) is 0 Å². The molecule has 4 nitrogen and oxygen atoms in total. The molecule has 1 aliphatic heterocycles. The van der Waals surface area contributed by atoms with Crippen LogP contribution in [-0.2, 0) is 13.0 Å². The van der Waals surface area contributed by atoms with Crippen molar-refractivity contribution in [1.29, 1.82) is 0 Å². The first-order chi connectivity index (χ1) is 12.3. The molecule has 0 saturated carbocycles. The zero-order valence-corrected chi connectivity index (χ0v) is 13.9. The number of hydrogen-bond acceptors (Lipinski definition) is 4. The lowest BCUT2D eigenvalue weighted by atomic mass is 9.99. The van der Waals surface area contributed by atoms with E-state index in [0.29, 0.717) is 13.2 Å².